The number of esters is 1. The van der Waals surface area contributed by atoms with Crippen LogP contribution in [0, 0.1) is 12.3 Å². The van der Waals surface area contributed by atoms with Crippen LogP contribution in [-0.4, -0.2) is 25.1 Å². The summed E-state index contributed by atoms with van der Waals surface area (Å²) in [6, 6.07) is 12.2. The molecule has 1 heterocycles. The molecule has 5 nitrogen and oxygen atoms in total. The molecular formula is C21H16ClNO4. The number of aliphatic imine (C=N–C) groups is 1. The Morgan fingerprint density at radius 2 is 2.07 bits per heavy atom. The number of rotatable bonds is 6. The zero-order valence-corrected chi connectivity index (χ0v) is 15.3. The van der Waals surface area contributed by atoms with Crippen molar-refractivity contribution in [3.63, 3.8) is 0 Å². The molecular weight excluding hydrogens is 366 g/mol. The lowest BCUT2D eigenvalue weighted by atomic mass is 10.1. The van der Waals surface area contributed by atoms with Crippen molar-refractivity contribution < 1.29 is 19.0 Å². The van der Waals surface area contributed by atoms with Gasteiger partial charge in [0.25, 0.3) is 0 Å². The van der Waals surface area contributed by atoms with Gasteiger partial charge in [0.05, 0.1) is 6.61 Å². The lowest BCUT2D eigenvalue weighted by Gasteiger charge is -2.10. The third-order valence-corrected chi connectivity index (χ3v) is 3.81. The Kier molecular flexibility index (Phi) is 5.80. The van der Waals surface area contributed by atoms with Crippen molar-refractivity contribution in [2.45, 2.75) is 6.92 Å². The van der Waals surface area contributed by atoms with Gasteiger partial charge in [0.1, 0.15) is 6.61 Å². The standard InChI is InChI=1S/C21H16ClNO4/c1-3-10-26-18-9-8-14(12-19(18)25-4-2)11-17-21(24)27-20(23-17)15-6-5-7-16(22)13-15/h1,5-9,11-13H,4,10H2,2H3/b17-11+. The molecule has 1 aliphatic heterocycles. The molecule has 0 saturated carbocycles. The number of ether oxygens (including phenoxy) is 3. The van der Waals surface area contributed by atoms with Crippen molar-refractivity contribution in [2.24, 2.45) is 4.99 Å². The monoisotopic (exact) mass is 381 g/mol. The topological polar surface area (TPSA) is 57.1 Å². The van der Waals surface area contributed by atoms with Crippen molar-refractivity contribution in [1.82, 2.24) is 0 Å². The van der Waals surface area contributed by atoms with Gasteiger partial charge in [-0.05, 0) is 48.9 Å². The smallest absolute Gasteiger partial charge is 0.363 e. The molecule has 0 N–H and O–H groups in total. The molecule has 6 heteroatoms. The van der Waals surface area contributed by atoms with Crippen LogP contribution in [0.25, 0.3) is 6.08 Å². The van der Waals surface area contributed by atoms with Crippen molar-refractivity contribution in [2.75, 3.05) is 13.2 Å². The number of halogens is 1. The van der Waals surface area contributed by atoms with Gasteiger partial charge in [0.15, 0.2) is 17.2 Å². The van der Waals surface area contributed by atoms with Crippen LogP contribution >= 0.6 is 11.6 Å². The SMILES string of the molecule is C#CCOc1ccc(/C=C2/N=C(c3cccc(Cl)c3)OC2=O)cc1OCC. The minimum atomic E-state index is -0.532. The highest BCUT2D eigenvalue weighted by Gasteiger charge is 2.24. The second-order valence-corrected chi connectivity index (χ2v) is 5.91. The number of cyclic esters (lactones) is 1. The molecule has 0 unspecified atom stereocenters. The van der Waals surface area contributed by atoms with Gasteiger partial charge >= 0.3 is 5.97 Å². The number of benzene rings is 2. The predicted octanol–water partition coefficient (Wildman–Crippen LogP) is 4.10. The molecule has 0 amide bonds. The van der Waals surface area contributed by atoms with Crippen LogP contribution in [0.15, 0.2) is 53.2 Å². The molecule has 0 spiro atoms. The Morgan fingerprint density at radius 1 is 1.22 bits per heavy atom. The summed E-state index contributed by atoms with van der Waals surface area (Å²) in [6.07, 6.45) is 6.84. The molecule has 0 fully saturated rings. The highest BCUT2D eigenvalue weighted by molar-refractivity contribution is 6.31. The van der Waals surface area contributed by atoms with E-state index in [4.69, 9.17) is 32.2 Å². The summed E-state index contributed by atoms with van der Waals surface area (Å²) in [5.41, 5.74) is 1.53. The maximum absolute atomic E-state index is 12.2. The van der Waals surface area contributed by atoms with Crippen molar-refractivity contribution >= 4 is 29.5 Å². The number of nitrogens with zero attached hydrogens (tertiary/aromatic N) is 1. The highest BCUT2D eigenvalue weighted by Crippen LogP contribution is 2.30. The van der Waals surface area contributed by atoms with Crippen LogP contribution in [0.1, 0.15) is 18.1 Å². The quantitative estimate of drug-likeness (QED) is 0.429. The van der Waals surface area contributed by atoms with E-state index < -0.39 is 5.97 Å². The molecule has 0 saturated heterocycles. The number of carbonyl (C=O) groups excluding carboxylic acids is 1. The van der Waals surface area contributed by atoms with Crippen LogP contribution in [0.5, 0.6) is 11.5 Å². The second kappa shape index (κ2) is 8.43. The van der Waals surface area contributed by atoms with E-state index in [1.165, 1.54) is 0 Å². The molecule has 1 aliphatic rings. The largest absolute Gasteiger partial charge is 0.490 e. The summed E-state index contributed by atoms with van der Waals surface area (Å²) in [6.45, 7) is 2.47. The predicted molar refractivity (Wildman–Crippen MR) is 104 cm³/mol. The Hall–Kier alpha value is -3.23. The van der Waals surface area contributed by atoms with Crippen molar-refractivity contribution in [3.05, 3.63) is 64.3 Å². The minimum Gasteiger partial charge on any atom is -0.490 e. The fourth-order valence-electron chi connectivity index (χ4n) is 2.43. The molecule has 136 valence electrons. The third kappa shape index (κ3) is 4.49. The summed E-state index contributed by atoms with van der Waals surface area (Å²) < 4.78 is 16.3. The van der Waals surface area contributed by atoms with E-state index in [9.17, 15) is 4.79 Å². The third-order valence-electron chi connectivity index (χ3n) is 3.57. The van der Waals surface area contributed by atoms with Gasteiger partial charge in [-0.15, -0.1) is 6.42 Å². The molecule has 27 heavy (non-hydrogen) atoms. The number of hydrogen-bond donors (Lipinski definition) is 0. The van der Waals surface area contributed by atoms with Gasteiger partial charge in [-0.2, -0.15) is 0 Å². The van der Waals surface area contributed by atoms with E-state index in [1.807, 2.05) is 6.92 Å². The first-order valence-electron chi connectivity index (χ1n) is 8.22. The summed E-state index contributed by atoms with van der Waals surface area (Å²) in [7, 11) is 0. The van der Waals surface area contributed by atoms with E-state index in [1.54, 1.807) is 48.5 Å². The fourth-order valence-corrected chi connectivity index (χ4v) is 2.62. The molecule has 2 aromatic carbocycles. The number of carbonyl (C=O) groups is 1. The first-order chi connectivity index (χ1) is 13.1. The molecule has 0 aromatic heterocycles. The molecule has 3 rings (SSSR count). The maximum atomic E-state index is 12.2. The molecule has 0 atom stereocenters. The average Bonchev–Trinajstić information content (AvgIpc) is 3.02. The first-order valence-corrected chi connectivity index (χ1v) is 8.60. The first kappa shape index (κ1) is 18.6. The second-order valence-electron chi connectivity index (χ2n) is 5.48. The van der Waals surface area contributed by atoms with Gasteiger partial charge in [-0.25, -0.2) is 9.79 Å². The highest BCUT2D eigenvalue weighted by atomic mass is 35.5. The van der Waals surface area contributed by atoms with Crippen LogP contribution in [0.3, 0.4) is 0 Å². The lowest BCUT2D eigenvalue weighted by Crippen LogP contribution is -2.05. The zero-order valence-electron chi connectivity index (χ0n) is 14.6. The Morgan fingerprint density at radius 3 is 2.81 bits per heavy atom. The van der Waals surface area contributed by atoms with Crippen LogP contribution < -0.4 is 9.47 Å². The number of terminal acetylenes is 1. The Labute approximate surface area is 162 Å². The van der Waals surface area contributed by atoms with Crippen LogP contribution in [0.4, 0.5) is 0 Å². The van der Waals surface area contributed by atoms with Gasteiger partial charge < -0.3 is 14.2 Å². The van der Waals surface area contributed by atoms with E-state index in [0.717, 1.165) is 5.56 Å². The van der Waals surface area contributed by atoms with Gasteiger partial charge in [-0.1, -0.05) is 29.7 Å². The van der Waals surface area contributed by atoms with Gasteiger partial charge in [-0.3, -0.25) is 0 Å². The summed E-state index contributed by atoms with van der Waals surface area (Å²) in [5, 5.41) is 0.535. The fraction of sp³-hybridized carbons (Fsp3) is 0.143. The van der Waals surface area contributed by atoms with E-state index in [2.05, 4.69) is 10.9 Å². The Balaban J connectivity index is 1.90. The Bertz CT molecular complexity index is 972. The van der Waals surface area contributed by atoms with Crippen LogP contribution in [0.2, 0.25) is 5.02 Å². The van der Waals surface area contributed by atoms with Crippen LogP contribution in [-0.2, 0) is 9.53 Å². The summed E-state index contributed by atoms with van der Waals surface area (Å²) >= 11 is 5.98. The lowest BCUT2D eigenvalue weighted by molar-refractivity contribution is -0.129. The van der Waals surface area contributed by atoms with E-state index in [0.29, 0.717) is 28.7 Å². The van der Waals surface area contributed by atoms with Crippen molar-refractivity contribution in [1.29, 1.82) is 0 Å². The van der Waals surface area contributed by atoms with Crippen molar-refractivity contribution in [3.8, 4) is 23.8 Å². The molecule has 0 aliphatic carbocycles. The van der Waals surface area contributed by atoms with Gasteiger partial charge in [0.2, 0.25) is 5.90 Å². The minimum absolute atomic E-state index is 0.139. The van der Waals surface area contributed by atoms with E-state index in [-0.39, 0.29) is 18.2 Å². The normalized spacial score (nSPS) is 14.5. The zero-order chi connectivity index (χ0) is 19.2. The van der Waals surface area contributed by atoms with Gasteiger partial charge in [0, 0.05) is 10.6 Å². The van der Waals surface area contributed by atoms with E-state index >= 15 is 0 Å². The maximum Gasteiger partial charge on any atom is 0.363 e. The summed E-state index contributed by atoms with van der Waals surface area (Å²) in [4.78, 5) is 16.4. The summed E-state index contributed by atoms with van der Waals surface area (Å²) in [5.74, 6) is 3.17. The average molecular weight is 382 g/mol. The number of hydrogen-bond acceptors (Lipinski definition) is 5. The molecule has 0 radical (unpaired) electrons. The molecule has 2 aromatic rings. The molecule has 0 bridgehead atoms.